The number of carbonyl (C=O) groups excluding carboxylic acids is 1. The summed E-state index contributed by atoms with van der Waals surface area (Å²) in [4.78, 5) is 16.4. The zero-order chi connectivity index (χ0) is 17.1. The summed E-state index contributed by atoms with van der Waals surface area (Å²) in [5.41, 5.74) is 5.03. The molecule has 124 valence electrons. The molecule has 0 bridgehead atoms. The number of hydrazine groups is 1. The summed E-state index contributed by atoms with van der Waals surface area (Å²) in [6.45, 7) is 1.80. The van der Waals surface area contributed by atoms with Crippen molar-refractivity contribution in [3.8, 4) is 5.75 Å². The third-order valence-electron chi connectivity index (χ3n) is 3.29. The molecule has 24 heavy (non-hydrogen) atoms. The number of hydrogen-bond donors (Lipinski definition) is 3. The molecule has 4 N–H and O–H groups in total. The minimum atomic E-state index is -0.268. The van der Waals surface area contributed by atoms with Crippen LogP contribution in [-0.4, -0.2) is 17.5 Å². The second-order valence-electron chi connectivity index (χ2n) is 5.07. The molecule has 1 amide bonds. The smallest absolute Gasteiger partial charge is 0.262 e. The van der Waals surface area contributed by atoms with Crippen LogP contribution in [0.15, 0.2) is 36.4 Å². The fraction of sp³-hybridized carbons (Fsp3) is 0.125. The summed E-state index contributed by atoms with van der Waals surface area (Å²) in [7, 11) is 0. The summed E-state index contributed by atoms with van der Waals surface area (Å²) < 4.78 is 6.37. The van der Waals surface area contributed by atoms with Crippen molar-refractivity contribution in [1.82, 2.24) is 4.98 Å². The number of para-hydroxylation sites is 1. The molecule has 0 radical (unpaired) electrons. The fourth-order valence-electron chi connectivity index (χ4n) is 2.23. The van der Waals surface area contributed by atoms with Crippen molar-refractivity contribution >= 4 is 49.9 Å². The van der Waals surface area contributed by atoms with Crippen LogP contribution in [0, 0.1) is 6.92 Å². The molecule has 6 nitrogen and oxygen atoms in total. The minimum Gasteiger partial charge on any atom is -0.482 e. The third kappa shape index (κ3) is 3.59. The SMILES string of the molecule is Cc1cc(NC(=O)COc2ccccc2Cl)cc2sc(NN)nc12. The van der Waals surface area contributed by atoms with Gasteiger partial charge in [-0.15, -0.1) is 0 Å². The lowest BCUT2D eigenvalue weighted by atomic mass is 10.2. The van der Waals surface area contributed by atoms with E-state index in [1.54, 1.807) is 24.3 Å². The first-order valence-corrected chi connectivity index (χ1v) is 8.31. The summed E-state index contributed by atoms with van der Waals surface area (Å²) in [5, 5.41) is 3.90. The van der Waals surface area contributed by atoms with Crippen LogP contribution in [-0.2, 0) is 4.79 Å². The van der Waals surface area contributed by atoms with Crippen molar-refractivity contribution in [2.24, 2.45) is 5.84 Å². The standard InChI is InChI=1S/C16H15ClN4O2S/c1-9-6-10(7-13-15(9)20-16(21-18)24-13)19-14(22)8-23-12-5-3-2-4-11(12)17/h2-7H,8,18H2,1H3,(H,19,22)(H,20,21). The molecule has 1 aromatic heterocycles. The topological polar surface area (TPSA) is 89.3 Å². The highest BCUT2D eigenvalue weighted by molar-refractivity contribution is 7.22. The minimum absolute atomic E-state index is 0.126. The lowest BCUT2D eigenvalue weighted by molar-refractivity contribution is -0.118. The lowest BCUT2D eigenvalue weighted by Crippen LogP contribution is -2.20. The summed E-state index contributed by atoms with van der Waals surface area (Å²) in [6.07, 6.45) is 0. The van der Waals surface area contributed by atoms with Crippen LogP contribution in [0.25, 0.3) is 10.2 Å². The van der Waals surface area contributed by atoms with E-state index in [2.05, 4.69) is 15.7 Å². The van der Waals surface area contributed by atoms with Gasteiger partial charge in [-0.1, -0.05) is 35.1 Å². The number of nitrogens with one attached hydrogen (secondary N) is 2. The Hall–Kier alpha value is -2.35. The fourth-order valence-corrected chi connectivity index (χ4v) is 3.32. The Bertz CT molecular complexity index is 897. The number of hydrogen-bond acceptors (Lipinski definition) is 6. The van der Waals surface area contributed by atoms with Gasteiger partial charge in [-0.3, -0.25) is 10.2 Å². The van der Waals surface area contributed by atoms with Crippen LogP contribution in [0.4, 0.5) is 10.8 Å². The Morgan fingerprint density at radius 2 is 2.17 bits per heavy atom. The van der Waals surface area contributed by atoms with Crippen LogP contribution in [0.3, 0.4) is 0 Å². The molecule has 0 aliphatic rings. The van der Waals surface area contributed by atoms with E-state index in [1.165, 1.54) is 11.3 Å². The predicted octanol–water partition coefficient (Wildman–Crippen LogP) is 3.56. The first kappa shape index (κ1) is 16.5. The van der Waals surface area contributed by atoms with E-state index in [-0.39, 0.29) is 12.5 Å². The number of anilines is 2. The zero-order valence-corrected chi connectivity index (χ0v) is 14.4. The van der Waals surface area contributed by atoms with Crippen molar-refractivity contribution in [2.75, 3.05) is 17.3 Å². The normalized spacial score (nSPS) is 10.6. The molecule has 3 aromatic rings. The van der Waals surface area contributed by atoms with E-state index in [1.807, 2.05) is 19.1 Å². The number of nitrogen functional groups attached to an aromatic ring is 1. The highest BCUT2D eigenvalue weighted by Crippen LogP contribution is 2.30. The first-order valence-electron chi connectivity index (χ1n) is 7.12. The maximum absolute atomic E-state index is 12.1. The van der Waals surface area contributed by atoms with Gasteiger partial charge in [0.1, 0.15) is 5.75 Å². The van der Waals surface area contributed by atoms with E-state index >= 15 is 0 Å². The van der Waals surface area contributed by atoms with Crippen LogP contribution in [0.1, 0.15) is 5.56 Å². The number of nitrogens with zero attached hydrogens (tertiary/aromatic N) is 1. The monoisotopic (exact) mass is 362 g/mol. The molecule has 0 unspecified atom stereocenters. The van der Waals surface area contributed by atoms with Gasteiger partial charge in [0.15, 0.2) is 11.7 Å². The predicted molar refractivity (Wildman–Crippen MR) is 97.7 cm³/mol. The highest BCUT2D eigenvalue weighted by Gasteiger charge is 2.10. The molecule has 0 fully saturated rings. The lowest BCUT2D eigenvalue weighted by Gasteiger charge is -2.09. The summed E-state index contributed by atoms with van der Waals surface area (Å²) in [5.74, 6) is 5.60. The van der Waals surface area contributed by atoms with E-state index in [9.17, 15) is 4.79 Å². The molecule has 0 saturated heterocycles. The Morgan fingerprint density at radius 1 is 1.38 bits per heavy atom. The number of fused-ring (bicyclic) bond motifs is 1. The number of aromatic nitrogens is 1. The number of thiazole rings is 1. The molecule has 3 rings (SSSR count). The van der Waals surface area contributed by atoms with Gasteiger partial charge in [0.05, 0.1) is 15.2 Å². The van der Waals surface area contributed by atoms with Gasteiger partial charge < -0.3 is 10.1 Å². The Balaban J connectivity index is 1.70. The van der Waals surface area contributed by atoms with Crippen molar-refractivity contribution in [2.45, 2.75) is 6.92 Å². The van der Waals surface area contributed by atoms with Gasteiger partial charge in [-0.05, 0) is 36.8 Å². The van der Waals surface area contributed by atoms with Gasteiger partial charge in [0.25, 0.3) is 5.91 Å². The molecule has 0 aliphatic heterocycles. The van der Waals surface area contributed by atoms with Crippen molar-refractivity contribution in [3.63, 3.8) is 0 Å². The van der Waals surface area contributed by atoms with Gasteiger partial charge in [0.2, 0.25) is 0 Å². The quantitative estimate of drug-likeness (QED) is 0.477. The molecule has 0 spiro atoms. The Kier molecular flexibility index (Phi) is 4.84. The molecule has 0 aliphatic carbocycles. The second-order valence-corrected chi connectivity index (χ2v) is 6.51. The molecule has 0 atom stereocenters. The van der Waals surface area contributed by atoms with Crippen LogP contribution < -0.4 is 21.3 Å². The molecule has 8 heteroatoms. The van der Waals surface area contributed by atoms with E-state index in [0.717, 1.165) is 15.8 Å². The molecule has 0 saturated carbocycles. The Labute approximate surface area is 147 Å². The van der Waals surface area contributed by atoms with Gasteiger partial charge in [-0.25, -0.2) is 10.8 Å². The van der Waals surface area contributed by atoms with Crippen molar-refractivity contribution in [1.29, 1.82) is 0 Å². The van der Waals surface area contributed by atoms with Gasteiger partial charge >= 0.3 is 0 Å². The van der Waals surface area contributed by atoms with Crippen LogP contribution in [0.5, 0.6) is 5.75 Å². The molecule has 2 aromatic carbocycles. The highest BCUT2D eigenvalue weighted by atomic mass is 35.5. The largest absolute Gasteiger partial charge is 0.482 e. The van der Waals surface area contributed by atoms with Crippen LogP contribution >= 0.6 is 22.9 Å². The average molecular weight is 363 g/mol. The number of nitrogens with two attached hydrogens (primary N) is 1. The number of rotatable bonds is 5. The first-order chi connectivity index (χ1) is 11.6. The zero-order valence-electron chi connectivity index (χ0n) is 12.8. The molecular weight excluding hydrogens is 348 g/mol. The summed E-state index contributed by atoms with van der Waals surface area (Å²) in [6, 6.07) is 10.7. The number of aryl methyl sites for hydroxylation is 1. The van der Waals surface area contributed by atoms with Crippen LogP contribution in [0.2, 0.25) is 5.02 Å². The average Bonchev–Trinajstić information content (AvgIpc) is 2.98. The van der Waals surface area contributed by atoms with Crippen molar-refractivity contribution < 1.29 is 9.53 Å². The maximum atomic E-state index is 12.1. The van der Waals surface area contributed by atoms with E-state index in [0.29, 0.717) is 21.6 Å². The van der Waals surface area contributed by atoms with Gasteiger partial charge in [0, 0.05) is 5.69 Å². The third-order valence-corrected chi connectivity index (χ3v) is 4.53. The maximum Gasteiger partial charge on any atom is 0.262 e. The van der Waals surface area contributed by atoms with Gasteiger partial charge in [-0.2, -0.15) is 0 Å². The number of ether oxygens (including phenoxy) is 1. The number of benzene rings is 2. The van der Waals surface area contributed by atoms with E-state index in [4.69, 9.17) is 22.2 Å². The summed E-state index contributed by atoms with van der Waals surface area (Å²) >= 11 is 7.41. The second kappa shape index (κ2) is 7.04. The Morgan fingerprint density at radius 3 is 2.92 bits per heavy atom. The molecule has 1 heterocycles. The number of carbonyl (C=O) groups is 1. The van der Waals surface area contributed by atoms with E-state index < -0.39 is 0 Å². The molecular formula is C16H15ClN4O2S. The number of amides is 1. The number of halogens is 1. The van der Waals surface area contributed by atoms with Crippen molar-refractivity contribution in [3.05, 3.63) is 47.0 Å².